The van der Waals surface area contributed by atoms with Gasteiger partial charge in [-0.3, -0.25) is 0 Å². The van der Waals surface area contributed by atoms with Crippen molar-refractivity contribution in [1.82, 2.24) is 0 Å². The zero-order chi connectivity index (χ0) is 10.0. The second-order valence-electron chi connectivity index (χ2n) is 2.59. The second kappa shape index (κ2) is 3.53. The van der Waals surface area contributed by atoms with Crippen molar-refractivity contribution < 1.29 is 13.9 Å². The van der Waals surface area contributed by atoms with Gasteiger partial charge in [-0.2, -0.15) is 0 Å². The first-order valence-electron chi connectivity index (χ1n) is 3.62. The molecular formula is C9H9F2NO. The molecule has 4 heteroatoms. The summed E-state index contributed by atoms with van der Waals surface area (Å²) < 4.78 is 25.5. The van der Waals surface area contributed by atoms with Crippen LogP contribution in [0.2, 0.25) is 0 Å². The van der Waals surface area contributed by atoms with E-state index in [1.807, 2.05) is 0 Å². The number of hydrogen-bond acceptors (Lipinski definition) is 2. The molecule has 0 fully saturated rings. The standard InChI is InChI=1S/C9H9F2NO/c1-2-8(12)5-3-6(10)9(13)7(11)4-5/h2-4,8,13H,1,12H2. The van der Waals surface area contributed by atoms with Crippen molar-refractivity contribution in [3.8, 4) is 5.75 Å². The van der Waals surface area contributed by atoms with Crippen LogP contribution in [0.5, 0.6) is 5.75 Å². The van der Waals surface area contributed by atoms with E-state index >= 15 is 0 Å². The maximum absolute atomic E-state index is 12.8. The molecule has 0 bridgehead atoms. The minimum atomic E-state index is -1.02. The summed E-state index contributed by atoms with van der Waals surface area (Å²) >= 11 is 0. The zero-order valence-corrected chi connectivity index (χ0v) is 6.80. The Bertz CT molecular complexity index is 315. The third kappa shape index (κ3) is 1.84. The minimum absolute atomic E-state index is 0.239. The van der Waals surface area contributed by atoms with Crippen molar-refractivity contribution in [3.05, 3.63) is 42.0 Å². The fraction of sp³-hybridized carbons (Fsp3) is 0.111. The second-order valence-corrected chi connectivity index (χ2v) is 2.59. The molecule has 0 radical (unpaired) electrons. The number of benzene rings is 1. The molecule has 0 saturated carbocycles. The normalized spacial score (nSPS) is 12.5. The SMILES string of the molecule is C=CC(N)c1cc(F)c(O)c(F)c1. The Morgan fingerprint density at radius 2 is 1.85 bits per heavy atom. The average Bonchev–Trinajstić information content (AvgIpc) is 2.12. The molecule has 0 heterocycles. The van der Waals surface area contributed by atoms with E-state index in [2.05, 4.69) is 6.58 Å². The molecule has 0 aliphatic carbocycles. The molecule has 0 spiro atoms. The van der Waals surface area contributed by atoms with Crippen LogP contribution in [0.15, 0.2) is 24.8 Å². The summed E-state index contributed by atoms with van der Waals surface area (Å²) in [5.74, 6) is -3.03. The largest absolute Gasteiger partial charge is 0.503 e. The molecule has 0 aliphatic rings. The van der Waals surface area contributed by atoms with E-state index < -0.39 is 23.4 Å². The Morgan fingerprint density at radius 1 is 1.38 bits per heavy atom. The number of nitrogens with two attached hydrogens (primary N) is 1. The first kappa shape index (κ1) is 9.67. The van der Waals surface area contributed by atoms with Gasteiger partial charge >= 0.3 is 0 Å². The molecule has 1 unspecified atom stereocenters. The monoisotopic (exact) mass is 185 g/mol. The van der Waals surface area contributed by atoms with Crippen LogP contribution in [0.1, 0.15) is 11.6 Å². The van der Waals surface area contributed by atoms with Crippen LogP contribution in [0, 0.1) is 11.6 Å². The predicted molar refractivity (Wildman–Crippen MR) is 45.1 cm³/mol. The molecule has 3 N–H and O–H groups in total. The van der Waals surface area contributed by atoms with Crippen LogP contribution in [0.4, 0.5) is 8.78 Å². The number of halogens is 2. The van der Waals surface area contributed by atoms with Gasteiger partial charge in [0.2, 0.25) is 0 Å². The molecule has 0 aliphatic heterocycles. The maximum Gasteiger partial charge on any atom is 0.187 e. The molecule has 70 valence electrons. The van der Waals surface area contributed by atoms with E-state index in [1.54, 1.807) is 0 Å². The highest BCUT2D eigenvalue weighted by Crippen LogP contribution is 2.24. The van der Waals surface area contributed by atoms with Gasteiger partial charge in [-0.15, -0.1) is 6.58 Å². The molecule has 1 aromatic carbocycles. The Labute approximate surface area is 74.3 Å². The number of aromatic hydroxyl groups is 1. The Hall–Kier alpha value is -1.42. The van der Waals surface area contributed by atoms with E-state index in [9.17, 15) is 8.78 Å². The molecule has 1 aromatic rings. The van der Waals surface area contributed by atoms with Crippen molar-refractivity contribution in [2.24, 2.45) is 5.73 Å². The summed E-state index contributed by atoms with van der Waals surface area (Å²) in [6.07, 6.45) is 1.35. The Morgan fingerprint density at radius 3 is 2.23 bits per heavy atom. The van der Waals surface area contributed by atoms with Gasteiger partial charge in [0.1, 0.15) is 0 Å². The van der Waals surface area contributed by atoms with Crippen LogP contribution in [0.25, 0.3) is 0 Å². The smallest absolute Gasteiger partial charge is 0.187 e. The summed E-state index contributed by atoms with van der Waals surface area (Å²) in [4.78, 5) is 0. The first-order valence-corrected chi connectivity index (χ1v) is 3.62. The summed E-state index contributed by atoms with van der Waals surface area (Å²) in [7, 11) is 0. The third-order valence-electron chi connectivity index (χ3n) is 1.68. The zero-order valence-electron chi connectivity index (χ0n) is 6.80. The lowest BCUT2D eigenvalue weighted by Crippen LogP contribution is -2.07. The fourth-order valence-corrected chi connectivity index (χ4v) is 0.914. The van der Waals surface area contributed by atoms with E-state index in [0.717, 1.165) is 12.1 Å². The van der Waals surface area contributed by atoms with Crippen LogP contribution in [-0.2, 0) is 0 Å². The number of hydrogen-bond donors (Lipinski definition) is 2. The van der Waals surface area contributed by atoms with Crippen LogP contribution in [0.3, 0.4) is 0 Å². The van der Waals surface area contributed by atoms with Crippen molar-refractivity contribution in [2.75, 3.05) is 0 Å². The Kier molecular flexibility index (Phi) is 2.63. The van der Waals surface area contributed by atoms with Gasteiger partial charge < -0.3 is 10.8 Å². The molecule has 0 saturated heterocycles. The molecule has 13 heavy (non-hydrogen) atoms. The molecule has 1 atom stereocenters. The molecule has 2 nitrogen and oxygen atoms in total. The summed E-state index contributed by atoms with van der Waals surface area (Å²) in [5, 5.41) is 8.77. The van der Waals surface area contributed by atoms with E-state index in [0.29, 0.717) is 0 Å². The van der Waals surface area contributed by atoms with Crippen molar-refractivity contribution in [2.45, 2.75) is 6.04 Å². The van der Waals surface area contributed by atoms with Crippen LogP contribution >= 0.6 is 0 Å². The van der Waals surface area contributed by atoms with Crippen molar-refractivity contribution in [3.63, 3.8) is 0 Å². The summed E-state index contributed by atoms with van der Waals surface area (Å²) in [5.41, 5.74) is 5.69. The number of rotatable bonds is 2. The quantitative estimate of drug-likeness (QED) is 0.691. The van der Waals surface area contributed by atoms with Gasteiger partial charge in [-0.25, -0.2) is 8.78 Å². The third-order valence-corrected chi connectivity index (χ3v) is 1.68. The van der Waals surface area contributed by atoms with E-state index in [-0.39, 0.29) is 5.56 Å². The highest BCUT2D eigenvalue weighted by Gasteiger charge is 2.11. The molecular weight excluding hydrogens is 176 g/mol. The van der Waals surface area contributed by atoms with Crippen molar-refractivity contribution >= 4 is 0 Å². The highest BCUT2D eigenvalue weighted by molar-refractivity contribution is 5.32. The van der Waals surface area contributed by atoms with Gasteiger partial charge in [-0.1, -0.05) is 6.08 Å². The average molecular weight is 185 g/mol. The highest BCUT2D eigenvalue weighted by atomic mass is 19.1. The van der Waals surface area contributed by atoms with E-state index in [4.69, 9.17) is 10.8 Å². The predicted octanol–water partition coefficient (Wildman–Crippen LogP) is 1.86. The fourth-order valence-electron chi connectivity index (χ4n) is 0.914. The van der Waals surface area contributed by atoms with Gasteiger partial charge in [0.25, 0.3) is 0 Å². The summed E-state index contributed by atoms with van der Waals surface area (Å²) in [6, 6.07) is 1.32. The number of phenols is 1. The minimum Gasteiger partial charge on any atom is -0.503 e. The van der Waals surface area contributed by atoms with Gasteiger partial charge in [0.15, 0.2) is 17.4 Å². The molecule has 0 aromatic heterocycles. The lowest BCUT2D eigenvalue weighted by molar-refractivity contribution is 0.395. The summed E-state index contributed by atoms with van der Waals surface area (Å²) in [6.45, 7) is 3.39. The molecule has 1 rings (SSSR count). The number of phenolic OH excluding ortho intramolecular Hbond substituents is 1. The van der Waals surface area contributed by atoms with Crippen molar-refractivity contribution in [1.29, 1.82) is 0 Å². The van der Waals surface area contributed by atoms with Crippen LogP contribution < -0.4 is 5.73 Å². The van der Waals surface area contributed by atoms with Gasteiger partial charge in [0.05, 0.1) is 0 Å². The topological polar surface area (TPSA) is 46.2 Å². The lowest BCUT2D eigenvalue weighted by atomic mass is 10.1. The van der Waals surface area contributed by atoms with Gasteiger partial charge in [0, 0.05) is 6.04 Å². The van der Waals surface area contributed by atoms with Gasteiger partial charge in [-0.05, 0) is 17.7 Å². The molecule has 0 amide bonds. The van der Waals surface area contributed by atoms with Crippen LogP contribution in [-0.4, -0.2) is 5.11 Å². The first-order chi connectivity index (χ1) is 6.06. The Balaban J connectivity index is 3.20. The lowest BCUT2D eigenvalue weighted by Gasteiger charge is -2.07. The van der Waals surface area contributed by atoms with E-state index in [1.165, 1.54) is 6.08 Å². The maximum atomic E-state index is 12.8.